The van der Waals surface area contributed by atoms with Crippen molar-refractivity contribution in [1.82, 2.24) is 5.32 Å². The molecule has 2 aliphatic carbocycles. The molecule has 1 aliphatic heterocycles. The van der Waals surface area contributed by atoms with Crippen molar-refractivity contribution in [3.63, 3.8) is 0 Å². The zero-order chi connectivity index (χ0) is 25.1. The van der Waals surface area contributed by atoms with Crippen LogP contribution >= 0.6 is 0 Å². The van der Waals surface area contributed by atoms with Crippen LogP contribution in [0.15, 0.2) is 36.4 Å². The quantitative estimate of drug-likeness (QED) is 0.407. The van der Waals surface area contributed by atoms with Gasteiger partial charge in [-0.2, -0.15) is 0 Å². The molecule has 1 unspecified atom stereocenters. The second-order valence-electron chi connectivity index (χ2n) is 10.9. The summed E-state index contributed by atoms with van der Waals surface area (Å²) in [4.78, 5) is 14.1. The van der Waals surface area contributed by atoms with Gasteiger partial charge in [0, 0.05) is 18.2 Å². The van der Waals surface area contributed by atoms with Gasteiger partial charge in [-0.05, 0) is 56.2 Å². The number of nitrogens with one attached hydrogen (secondary N) is 3. The molecule has 0 bridgehead atoms. The molecule has 194 valence electrons. The summed E-state index contributed by atoms with van der Waals surface area (Å²) in [6.45, 7) is 2.13. The Morgan fingerprint density at radius 1 is 0.972 bits per heavy atom. The first kappa shape index (κ1) is 24.8. The van der Waals surface area contributed by atoms with Gasteiger partial charge in [-0.15, -0.1) is 0 Å². The smallest absolute Gasteiger partial charge is 0.228 e. The van der Waals surface area contributed by atoms with Crippen molar-refractivity contribution in [3.8, 4) is 5.75 Å². The van der Waals surface area contributed by atoms with Crippen molar-refractivity contribution < 1.29 is 18.3 Å². The number of fused-ring (bicyclic) bond motifs is 1. The summed E-state index contributed by atoms with van der Waals surface area (Å²) >= 11 is 0. The lowest BCUT2D eigenvalue weighted by Gasteiger charge is -2.43. The topological polar surface area (TPSA) is 62.4 Å². The zero-order valence-corrected chi connectivity index (χ0v) is 21.0. The highest BCUT2D eigenvalue weighted by atomic mass is 19.2. The molecule has 3 N–H and O–H groups in total. The Morgan fingerprint density at radius 2 is 1.58 bits per heavy atom. The number of anilines is 2. The van der Waals surface area contributed by atoms with Crippen LogP contribution in [0.5, 0.6) is 5.75 Å². The van der Waals surface area contributed by atoms with Gasteiger partial charge in [-0.1, -0.05) is 50.7 Å². The lowest BCUT2D eigenvalue weighted by atomic mass is 9.73. The molecule has 2 fully saturated rings. The summed E-state index contributed by atoms with van der Waals surface area (Å²) in [6, 6.07) is 10.3. The highest BCUT2D eigenvalue weighted by Crippen LogP contribution is 2.45. The van der Waals surface area contributed by atoms with E-state index < -0.39 is 23.2 Å². The molecule has 7 heteroatoms. The van der Waals surface area contributed by atoms with Gasteiger partial charge in [-0.25, -0.2) is 8.78 Å². The number of ether oxygens (including phenoxy) is 1. The van der Waals surface area contributed by atoms with E-state index in [0.717, 1.165) is 63.4 Å². The Morgan fingerprint density at radius 3 is 2.19 bits per heavy atom. The Labute approximate surface area is 212 Å². The van der Waals surface area contributed by atoms with E-state index in [1.807, 2.05) is 31.2 Å². The van der Waals surface area contributed by atoms with E-state index >= 15 is 0 Å². The lowest BCUT2D eigenvalue weighted by molar-refractivity contribution is -0.130. The van der Waals surface area contributed by atoms with Crippen LogP contribution in [0.2, 0.25) is 0 Å². The van der Waals surface area contributed by atoms with Crippen LogP contribution in [-0.2, 0) is 4.79 Å². The van der Waals surface area contributed by atoms with Crippen LogP contribution in [0.25, 0.3) is 0 Å². The van der Waals surface area contributed by atoms with Crippen LogP contribution in [0.1, 0.15) is 69.8 Å². The van der Waals surface area contributed by atoms with Crippen LogP contribution in [-0.4, -0.2) is 24.2 Å². The van der Waals surface area contributed by atoms with Crippen molar-refractivity contribution in [2.75, 3.05) is 17.2 Å². The number of halogens is 2. The van der Waals surface area contributed by atoms with E-state index in [2.05, 4.69) is 16.0 Å². The van der Waals surface area contributed by atoms with Gasteiger partial charge < -0.3 is 20.7 Å². The van der Waals surface area contributed by atoms with Crippen molar-refractivity contribution in [2.24, 2.45) is 11.8 Å². The summed E-state index contributed by atoms with van der Waals surface area (Å²) < 4.78 is 34.7. The molecular formula is C29H37F2N3O2. The molecule has 5 rings (SSSR count). The van der Waals surface area contributed by atoms with Gasteiger partial charge in [-0.3, -0.25) is 4.79 Å². The largest absolute Gasteiger partial charge is 0.489 e. The maximum Gasteiger partial charge on any atom is 0.228 e. The molecule has 5 nitrogen and oxygen atoms in total. The average Bonchev–Trinajstić information content (AvgIpc) is 3.22. The van der Waals surface area contributed by atoms with Crippen LogP contribution < -0.4 is 20.7 Å². The van der Waals surface area contributed by atoms with E-state index in [1.54, 1.807) is 0 Å². The maximum atomic E-state index is 14.2. The molecule has 0 aromatic heterocycles. The Kier molecular flexibility index (Phi) is 7.35. The highest BCUT2D eigenvalue weighted by molar-refractivity contribution is 5.86. The summed E-state index contributed by atoms with van der Waals surface area (Å²) in [7, 11) is 0. The second kappa shape index (κ2) is 10.7. The van der Waals surface area contributed by atoms with E-state index in [0.29, 0.717) is 17.1 Å². The molecular weight excluding hydrogens is 460 g/mol. The van der Waals surface area contributed by atoms with Gasteiger partial charge in [0.05, 0.1) is 17.3 Å². The number of amides is 1. The van der Waals surface area contributed by atoms with E-state index in [9.17, 15) is 13.6 Å². The SMILES string of the molecule is Cc1cccc(OCC2(C(C(=O)NC3CCCCC3)C3CCCCC3)Nc3cc(F)c(F)cc3N2)c1. The maximum absolute atomic E-state index is 14.2. The molecule has 2 saturated carbocycles. The first-order valence-electron chi connectivity index (χ1n) is 13.5. The first-order valence-corrected chi connectivity index (χ1v) is 13.5. The summed E-state index contributed by atoms with van der Waals surface area (Å²) in [5.41, 5.74) is 0.939. The third-order valence-electron chi connectivity index (χ3n) is 8.12. The average molecular weight is 498 g/mol. The van der Waals surface area contributed by atoms with Crippen molar-refractivity contribution >= 4 is 17.3 Å². The molecule has 1 heterocycles. The van der Waals surface area contributed by atoms with E-state index in [4.69, 9.17) is 4.74 Å². The Bertz CT molecular complexity index is 1050. The molecule has 0 saturated heterocycles. The zero-order valence-electron chi connectivity index (χ0n) is 21.0. The van der Waals surface area contributed by atoms with E-state index in [1.165, 1.54) is 18.6 Å². The first-order chi connectivity index (χ1) is 17.4. The summed E-state index contributed by atoms with van der Waals surface area (Å²) in [5, 5.41) is 10.2. The fourth-order valence-corrected chi connectivity index (χ4v) is 6.33. The third kappa shape index (κ3) is 5.30. The normalized spacial score (nSPS) is 20.6. The monoisotopic (exact) mass is 497 g/mol. The fourth-order valence-electron chi connectivity index (χ4n) is 6.33. The number of benzene rings is 2. The predicted molar refractivity (Wildman–Crippen MR) is 138 cm³/mol. The Balaban J connectivity index is 1.49. The molecule has 36 heavy (non-hydrogen) atoms. The van der Waals surface area contributed by atoms with Crippen LogP contribution in [0, 0.1) is 30.4 Å². The lowest BCUT2D eigenvalue weighted by Crippen LogP contribution is -2.61. The minimum absolute atomic E-state index is 0.00427. The fraction of sp³-hybridized carbons (Fsp3) is 0.552. The minimum Gasteiger partial charge on any atom is -0.489 e. The van der Waals surface area contributed by atoms with Crippen LogP contribution in [0.4, 0.5) is 20.2 Å². The van der Waals surface area contributed by atoms with Gasteiger partial charge >= 0.3 is 0 Å². The van der Waals surface area contributed by atoms with Crippen molar-refractivity contribution in [2.45, 2.75) is 82.8 Å². The molecule has 1 atom stereocenters. The van der Waals surface area contributed by atoms with Gasteiger partial charge in [0.25, 0.3) is 0 Å². The molecule has 1 amide bonds. The Hall–Kier alpha value is -2.83. The minimum atomic E-state index is -1.03. The summed E-state index contributed by atoms with van der Waals surface area (Å²) in [6.07, 6.45) is 10.6. The van der Waals surface area contributed by atoms with Gasteiger partial charge in [0.15, 0.2) is 17.3 Å². The molecule has 3 aliphatic rings. The predicted octanol–water partition coefficient (Wildman–Crippen LogP) is 6.53. The number of carbonyl (C=O) groups is 1. The number of rotatable bonds is 7. The highest BCUT2D eigenvalue weighted by Gasteiger charge is 2.52. The number of aryl methyl sites for hydroxylation is 1. The van der Waals surface area contributed by atoms with Gasteiger partial charge in [0.2, 0.25) is 5.91 Å². The summed E-state index contributed by atoms with van der Waals surface area (Å²) in [5.74, 6) is -1.48. The second-order valence-corrected chi connectivity index (χ2v) is 10.9. The molecule has 2 aromatic carbocycles. The van der Waals surface area contributed by atoms with E-state index in [-0.39, 0.29) is 24.5 Å². The van der Waals surface area contributed by atoms with Crippen LogP contribution in [0.3, 0.4) is 0 Å². The molecule has 0 spiro atoms. The van der Waals surface area contributed by atoms with Crippen molar-refractivity contribution in [3.05, 3.63) is 53.6 Å². The number of hydrogen-bond donors (Lipinski definition) is 3. The standard InChI is InChI=1S/C29H37F2N3O2/c1-19-9-8-14-22(15-19)36-18-29(33-25-16-23(30)24(31)17-26(25)34-29)27(20-10-4-2-5-11-20)28(35)32-21-12-6-3-7-13-21/h8-9,14-17,20-21,27,33-34H,2-7,10-13,18H2,1H3,(H,32,35). The van der Waals surface area contributed by atoms with Crippen molar-refractivity contribution in [1.29, 1.82) is 0 Å². The number of hydrogen-bond acceptors (Lipinski definition) is 4. The van der Waals surface area contributed by atoms with Gasteiger partial charge in [0.1, 0.15) is 12.4 Å². The third-order valence-corrected chi connectivity index (χ3v) is 8.12. The molecule has 2 aromatic rings. The number of carbonyl (C=O) groups excluding carboxylic acids is 1. The molecule has 0 radical (unpaired) electrons.